The minimum Gasteiger partial charge on any atom is -0.478 e. The Morgan fingerprint density at radius 1 is 0.912 bits per heavy atom. The average Bonchev–Trinajstić information content (AvgIpc) is 3.32. The Hall–Kier alpha value is -4.42. The van der Waals surface area contributed by atoms with Crippen molar-refractivity contribution < 1.29 is 23.1 Å². The predicted molar refractivity (Wildman–Crippen MR) is 120 cm³/mol. The Morgan fingerprint density at radius 2 is 1.65 bits per heavy atom. The Bertz CT molecular complexity index is 1440. The molecule has 11 nitrogen and oxygen atoms in total. The van der Waals surface area contributed by atoms with Gasteiger partial charge in [0.2, 0.25) is 5.82 Å². The fraction of sp³-hybridized carbons (Fsp3) is 0.0455. The third-order valence-electron chi connectivity index (χ3n) is 4.72. The van der Waals surface area contributed by atoms with E-state index in [9.17, 15) is 18.0 Å². The molecule has 0 bridgehead atoms. The van der Waals surface area contributed by atoms with E-state index in [1.807, 2.05) is 35.2 Å². The highest BCUT2D eigenvalue weighted by Crippen LogP contribution is 2.13. The molecule has 34 heavy (non-hydrogen) atoms. The van der Waals surface area contributed by atoms with Crippen LogP contribution in [0.5, 0.6) is 0 Å². The number of aromatic carboxylic acids is 1. The summed E-state index contributed by atoms with van der Waals surface area (Å²) in [6.07, 6.45) is 0. The maximum Gasteiger partial charge on any atom is 0.335 e. The molecule has 0 aliphatic carbocycles. The summed E-state index contributed by atoms with van der Waals surface area (Å²) in [5.74, 6) is -1.45. The second kappa shape index (κ2) is 9.60. The van der Waals surface area contributed by atoms with Gasteiger partial charge in [0.15, 0.2) is 0 Å². The molecule has 1 amide bonds. The molecule has 0 aliphatic rings. The average molecular weight is 478 g/mol. The smallest absolute Gasteiger partial charge is 0.335 e. The molecule has 0 radical (unpaired) electrons. The first-order valence-corrected chi connectivity index (χ1v) is 11.4. The molecule has 3 aromatic carbocycles. The second-order valence-electron chi connectivity index (χ2n) is 7.10. The lowest BCUT2D eigenvalue weighted by atomic mass is 10.1. The van der Waals surface area contributed by atoms with E-state index in [2.05, 4.69) is 20.8 Å². The number of carbonyl (C=O) groups excluding carboxylic acids is 1. The third kappa shape index (κ3) is 5.31. The van der Waals surface area contributed by atoms with E-state index in [1.165, 1.54) is 35.1 Å². The van der Waals surface area contributed by atoms with Crippen LogP contribution in [0, 0.1) is 0 Å². The Labute approximate surface area is 194 Å². The van der Waals surface area contributed by atoms with Crippen LogP contribution in [-0.2, 0) is 16.6 Å². The zero-order chi connectivity index (χ0) is 24.1. The number of hydrazine groups is 1. The zero-order valence-corrected chi connectivity index (χ0v) is 18.3. The van der Waals surface area contributed by atoms with Crippen molar-refractivity contribution in [3.8, 4) is 11.4 Å². The van der Waals surface area contributed by atoms with Crippen LogP contribution < -0.4 is 10.3 Å². The number of tetrazole rings is 1. The lowest BCUT2D eigenvalue weighted by molar-refractivity contribution is 0.0696. The predicted octanol–water partition coefficient (Wildman–Crippen LogP) is 1.71. The molecule has 0 saturated carbocycles. The summed E-state index contributed by atoms with van der Waals surface area (Å²) in [4.78, 5) is 26.5. The van der Waals surface area contributed by atoms with Crippen LogP contribution in [0.15, 0.2) is 83.8 Å². The fourth-order valence-corrected chi connectivity index (χ4v) is 3.86. The molecule has 172 valence electrons. The number of nitrogens with zero attached hydrogens (tertiary/aromatic N) is 4. The molecule has 0 unspecified atom stereocenters. The molecule has 4 rings (SSSR count). The molecule has 12 heteroatoms. The summed E-state index contributed by atoms with van der Waals surface area (Å²) in [7, 11) is -4.16. The number of sulfonamides is 1. The summed E-state index contributed by atoms with van der Waals surface area (Å²) in [6, 6.07) is 20.6. The van der Waals surface area contributed by atoms with Gasteiger partial charge in [0.1, 0.15) is 0 Å². The van der Waals surface area contributed by atoms with E-state index in [0.29, 0.717) is 12.4 Å². The minimum atomic E-state index is -4.16. The number of rotatable bonds is 8. The maximum atomic E-state index is 12.4. The van der Waals surface area contributed by atoms with Gasteiger partial charge in [0, 0.05) is 11.1 Å². The first-order chi connectivity index (χ1) is 16.3. The molecule has 1 aromatic heterocycles. The molecule has 3 N–H and O–H groups in total. The standard InChI is InChI=1S/C22H18N6O5S/c29-21(24-27-34(32,33)19-8-4-7-18(13-19)22(30)31)17-11-9-15(10-12-17)14-28-25-20(23-26-28)16-5-2-1-3-6-16/h1-13,27H,14H2,(H,24,29)(H,30,31). The first kappa shape index (κ1) is 22.8. The number of carboxylic acids is 1. The van der Waals surface area contributed by atoms with Crippen LogP contribution in [0.25, 0.3) is 11.4 Å². The SMILES string of the molecule is O=C(O)c1cccc(S(=O)(=O)NNC(=O)c2ccc(Cn3nnc(-c4ccccc4)n3)cc2)c1. The second-order valence-corrected chi connectivity index (χ2v) is 8.78. The van der Waals surface area contributed by atoms with E-state index < -0.39 is 21.9 Å². The summed E-state index contributed by atoms with van der Waals surface area (Å²) < 4.78 is 24.7. The topological polar surface area (TPSA) is 156 Å². The molecular weight excluding hydrogens is 460 g/mol. The van der Waals surface area contributed by atoms with Crippen LogP contribution in [0.2, 0.25) is 0 Å². The summed E-state index contributed by atoms with van der Waals surface area (Å²) in [5.41, 5.74) is 3.78. The van der Waals surface area contributed by atoms with Gasteiger partial charge in [0.05, 0.1) is 17.0 Å². The molecule has 0 saturated heterocycles. The van der Waals surface area contributed by atoms with Gasteiger partial charge in [-0.25, -0.2) is 13.2 Å². The van der Waals surface area contributed by atoms with Crippen molar-refractivity contribution in [1.29, 1.82) is 0 Å². The van der Waals surface area contributed by atoms with Crippen molar-refractivity contribution in [2.24, 2.45) is 0 Å². The van der Waals surface area contributed by atoms with Gasteiger partial charge in [-0.05, 0) is 41.1 Å². The van der Waals surface area contributed by atoms with Crippen LogP contribution in [-0.4, -0.2) is 45.6 Å². The van der Waals surface area contributed by atoms with Crippen LogP contribution in [0.3, 0.4) is 0 Å². The van der Waals surface area contributed by atoms with Crippen molar-refractivity contribution >= 4 is 21.9 Å². The molecule has 0 fully saturated rings. The normalized spacial score (nSPS) is 11.2. The van der Waals surface area contributed by atoms with Crippen LogP contribution in [0.4, 0.5) is 0 Å². The first-order valence-electron chi connectivity index (χ1n) is 9.89. The van der Waals surface area contributed by atoms with Crippen LogP contribution >= 0.6 is 0 Å². The van der Waals surface area contributed by atoms with Crippen molar-refractivity contribution in [2.75, 3.05) is 0 Å². The molecule has 0 aliphatic heterocycles. The lowest BCUT2D eigenvalue weighted by Gasteiger charge is -2.09. The van der Waals surface area contributed by atoms with E-state index in [4.69, 9.17) is 5.11 Å². The fourth-order valence-electron chi connectivity index (χ4n) is 2.98. The quantitative estimate of drug-likeness (QED) is 0.323. The number of benzene rings is 3. The summed E-state index contributed by atoms with van der Waals surface area (Å²) in [6.45, 7) is 0.328. The van der Waals surface area contributed by atoms with Crippen molar-refractivity contribution in [3.05, 3.63) is 95.6 Å². The largest absolute Gasteiger partial charge is 0.478 e. The van der Waals surface area contributed by atoms with E-state index >= 15 is 0 Å². The molecule has 4 aromatic rings. The Morgan fingerprint density at radius 3 is 2.35 bits per heavy atom. The summed E-state index contributed by atoms with van der Waals surface area (Å²) >= 11 is 0. The highest BCUT2D eigenvalue weighted by Gasteiger charge is 2.17. The molecule has 0 atom stereocenters. The lowest BCUT2D eigenvalue weighted by Crippen LogP contribution is -2.41. The molecule has 1 heterocycles. The van der Waals surface area contributed by atoms with E-state index in [1.54, 1.807) is 12.1 Å². The van der Waals surface area contributed by atoms with Crippen molar-refractivity contribution in [1.82, 2.24) is 30.5 Å². The van der Waals surface area contributed by atoms with Crippen molar-refractivity contribution in [2.45, 2.75) is 11.4 Å². The Kier molecular flexibility index (Phi) is 6.43. The number of hydrogen-bond donors (Lipinski definition) is 3. The van der Waals surface area contributed by atoms with Crippen molar-refractivity contribution in [3.63, 3.8) is 0 Å². The molecule has 0 spiro atoms. The van der Waals surface area contributed by atoms with E-state index in [-0.39, 0.29) is 16.0 Å². The van der Waals surface area contributed by atoms with Gasteiger partial charge >= 0.3 is 5.97 Å². The highest BCUT2D eigenvalue weighted by molar-refractivity contribution is 7.89. The van der Waals surface area contributed by atoms with Crippen LogP contribution in [0.1, 0.15) is 26.3 Å². The molecular formula is C22H18N6O5S. The zero-order valence-electron chi connectivity index (χ0n) is 17.5. The summed E-state index contributed by atoms with van der Waals surface area (Å²) in [5, 5.41) is 21.4. The van der Waals surface area contributed by atoms with Gasteiger partial charge < -0.3 is 5.11 Å². The number of nitrogens with one attached hydrogen (secondary N) is 2. The Balaban J connectivity index is 1.37. The van der Waals surface area contributed by atoms with Gasteiger partial charge in [-0.15, -0.1) is 15.0 Å². The van der Waals surface area contributed by atoms with Gasteiger partial charge in [-0.1, -0.05) is 48.5 Å². The number of hydrogen-bond acceptors (Lipinski definition) is 7. The maximum absolute atomic E-state index is 12.4. The number of carbonyl (C=O) groups is 2. The highest BCUT2D eigenvalue weighted by atomic mass is 32.2. The van der Waals surface area contributed by atoms with Gasteiger partial charge in [0.25, 0.3) is 15.9 Å². The minimum absolute atomic E-state index is 0.192. The monoisotopic (exact) mass is 478 g/mol. The van der Waals surface area contributed by atoms with E-state index in [0.717, 1.165) is 17.2 Å². The third-order valence-corrected chi connectivity index (χ3v) is 5.96. The number of carboxylic acid groups (broad SMARTS) is 1. The van der Waals surface area contributed by atoms with Gasteiger partial charge in [-0.3, -0.25) is 10.2 Å². The number of amides is 1. The number of aromatic nitrogens is 4. The van der Waals surface area contributed by atoms with Gasteiger partial charge in [-0.2, -0.15) is 4.80 Å².